The minimum absolute atomic E-state index is 0.0777. The fourth-order valence-electron chi connectivity index (χ4n) is 1.30. The number of pyridine rings is 1. The summed E-state index contributed by atoms with van der Waals surface area (Å²) in [5.41, 5.74) is -0.140. The Balaban J connectivity index is 2.85. The van der Waals surface area contributed by atoms with Gasteiger partial charge in [0.25, 0.3) is 0 Å². The van der Waals surface area contributed by atoms with Crippen molar-refractivity contribution in [3.63, 3.8) is 0 Å². The van der Waals surface area contributed by atoms with E-state index in [-0.39, 0.29) is 24.7 Å². The number of nitrogens with zero attached hydrogens (tertiary/aromatic N) is 3. The summed E-state index contributed by atoms with van der Waals surface area (Å²) in [6.45, 7) is 1.89. The number of anilines is 1. The molecule has 17 heavy (non-hydrogen) atoms. The molecular weight excluding hydrogens is 226 g/mol. The van der Waals surface area contributed by atoms with Gasteiger partial charge < -0.3 is 9.64 Å². The molecule has 0 aliphatic heterocycles. The summed E-state index contributed by atoms with van der Waals surface area (Å²) in [6, 6.07) is 2.81. The quantitative estimate of drug-likeness (QED) is 0.432. The molecule has 92 valence electrons. The number of hydrogen-bond acceptors (Lipinski definition) is 6. The van der Waals surface area contributed by atoms with Crippen LogP contribution in [0.3, 0.4) is 0 Å². The number of aromatic nitrogens is 1. The zero-order valence-electron chi connectivity index (χ0n) is 9.62. The molecule has 0 spiro atoms. The average Bonchev–Trinajstić information content (AvgIpc) is 2.29. The van der Waals surface area contributed by atoms with Crippen LogP contribution in [0.1, 0.15) is 6.92 Å². The van der Waals surface area contributed by atoms with Crippen molar-refractivity contribution in [3.05, 3.63) is 28.4 Å². The molecule has 7 heteroatoms. The van der Waals surface area contributed by atoms with Crippen molar-refractivity contribution in [1.82, 2.24) is 4.98 Å². The van der Waals surface area contributed by atoms with Crippen LogP contribution in [0.2, 0.25) is 0 Å². The van der Waals surface area contributed by atoms with Gasteiger partial charge in [0.05, 0.1) is 11.5 Å². The number of rotatable bonds is 5. The SMILES string of the molecule is CCOC(=O)CN(C)c1ncccc1[N+](=O)[O-]. The lowest BCUT2D eigenvalue weighted by atomic mass is 10.3. The number of carbonyl (C=O) groups excluding carboxylic acids is 1. The molecule has 1 aromatic heterocycles. The highest BCUT2D eigenvalue weighted by atomic mass is 16.6. The monoisotopic (exact) mass is 239 g/mol. The zero-order chi connectivity index (χ0) is 12.8. The van der Waals surface area contributed by atoms with Crippen LogP contribution in [-0.2, 0) is 9.53 Å². The standard InChI is InChI=1S/C10H13N3O4/c1-3-17-9(14)7-12(2)10-8(13(15)16)5-4-6-11-10/h4-6H,3,7H2,1-2H3. The zero-order valence-corrected chi connectivity index (χ0v) is 9.62. The first-order valence-electron chi connectivity index (χ1n) is 5.02. The summed E-state index contributed by atoms with van der Waals surface area (Å²) in [6.07, 6.45) is 1.43. The Hall–Kier alpha value is -2.18. The van der Waals surface area contributed by atoms with Crippen molar-refractivity contribution in [3.8, 4) is 0 Å². The smallest absolute Gasteiger partial charge is 0.325 e. The van der Waals surface area contributed by atoms with E-state index in [1.165, 1.54) is 23.2 Å². The van der Waals surface area contributed by atoms with Gasteiger partial charge in [0.2, 0.25) is 5.82 Å². The van der Waals surface area contributed by atoms with Gasteiger partial charge >= 0.3 is 11.7 Å². The summed E-state index contributed by atoms with van der Waals surface area (Å²) in [5.74, 6) is -0.305. The third-order valence-corrected chi connectivity index (χ3v) is 2.00. The second-order valence-corrected chi connectivity index (χ2v) is 3.26. The lowest BCUT2D eigenvalue weighted by Crippen LogP contribution is -2.28. The molecule has 0 aromatic carbocycles. The fourth-order valence-corrected chi connectivity index (χ4v) is 1.30. The highest BCUT2D eigenvalue weighted by Gasteiger charge is 2.19. The van der Waals surface area contributed by atoms with Crippen LogP contribution in [0.25, 0.3) is 0 Å². The Kier molecular flexibility index (Phi) is 4.38. The first-order chi connectivity index (χ1) is 8.06. The third-order valence-electron chi connectivity index (χ3n) is 2.00. The molecule has 0 saturated carbocycles. The minimum Gasteiger partial charge on any atom is -0.465 e. The van der Waals surface area contributed by atoms with Crippen LogP contribution in [0.15, 0.2) is 18.3 Å². The van der Waals surface area contributed by atoms with Gasteiger partial charge in [-0.2, -0.15) is 0 Å². The summed E-state index contributed by atoms with van der Waals surface area (Å²) in [5, 5.41) is 10.8. The highest BCUT2D eigenvalue weighted by Crippen LogP contribution is 2.23. The topological polar surface area (TPSA) is 85.6 Å². The van der Waals surface area contributed by atoms with Crippen LogP contribution in [0.4, 0.5) is 11.5 Å². The summed E-state index contributed by atoms with van der Waals surface area (Å²) >= 11 is 0. The van der Waals surface area contributed by atoms with E-state index in [9.17, 15) is 14.9 Å². The molecule has 0 aliphatic carbocycles. The van der Waals surface area contributed by atoms with Crippen LogP contribution < -0.4 is 4.90 Å². The van der Waals surface area contributed by atoms with Crippen LogP contribution in [0, 0.1) is 10.1 Å². The summed E-state index contributed by atoms with van der Waals surface area (Å²) in [4.78, 5) is 26.7. The second-order valence-electron chi connectivity index (χ2n) is 3.26. The van der Waals surface area contributed by atoms with Gasteiger partial charge in [-0.25, -0.2) is 4.98 Å². The van der Waals surface area contributed by atoms with E-state index in [0.717, 1.165) is 0 Å². The Morgan fingerprint density at radius 2 is 2.35 bits per heavy atom. The molecule has 1 heterocycles. The van der Waals surface area contributed by atoms with Crippen molar-refractivity contribution in [2.75, 3.05) is 25.1 Å². The van der Waals surface area contributed by atoms with Gasteiger partial charge in [-0.15, -0.1) is 0 Å². The van der Waals surface area contributed by atoms with E-state index in [4.69, 9.17) is 4.74 Å². The molecule has 0 unspecified atom stereocenters. The maximum Gasteiger partial charge on any atom is 0.325 e. The molecule has 0 atom stereocenters. The number of nitro groups is 1. The Bertz CT molecular complexity index is 422. The fraction of sp³-hybridized carbons (Fsp3) is 0.400. The highest BCUT2D eigenvalue weighted by molar-refractivity contribution is 5.76. The maximum absolute atomic E-state index is 11.2. The molecule has 0 N–H and O–H groups in total. The van der Waals surface area contributed by atoms with Crippen LogP contribution in [0.5, 0.6) is 0 Å². The molecule has 1 aromatic rings. The number of ether oxygens (including phenoxy) is 1. The molecule has 0 aliphatic rings. The number of likely N-dealkylation sites (N-methyl/N-ethyl adjacent to an activating group) is 1. The van der Waals surface area contributed by atoms with Gasteiger partial charge in [0.15, 0.2) is 0 Å². The first kappa shape index (κ1) is 12.9. The third kappa shape index (κ3) is 3.40. The number of carbonyl (C=O) groups is 1. The van der Waals surface area contributed by atoms with Crippen LogP contribution >= 0.6 is 0 Å². The Morgan fingerprint density at radius 1 is 1.65 bits per heavy atom. The van der Waals surface area contributed by atoms with E-state index in [1.54, 1.807) is 14.0 Å². The predicted octanol–water partition coefficient (Wildman–Crippen LogP) is 0.989. The average molecular weight is 239 g/mol. The van der Waals surface area contributed by atoms with Crippen molar-refractivity contribution < 1.29 is 14.5 Å². The Labute approximate surface area is 98.2 Å². The first-order valence-corrected chi connectivity index (χ1v) is 5.02. The van der Waals surface area contributed by atoms with Crippen molar-refractivity contribution in [1.29, 1.82) is 0 Å². The summed E-state index contributed by atoms with van der Waals surface area (Å²) < 4.78 is 4.76. The van der Waals surface area contributed by atoms with E-state index < -0.39 is 10.9 Å². The molecule has 0 radical (unpaired) electrons. The lowest BCUT2D eigenvalue weighted by molar-refractivity contribution is -0.384. The van der Waals surface area contributed by atoms with E-state index in [0.29, 0.717) is 0 Å². The lowest BCUT2D eigenvalue weighted by Gasteiger charge is -2.16. The minimum atomic E-state index is -0.538. The second kappa shape index (κ2) is 5.78. The van der Waals surface area contributed by atoms with Crippen molar-refractivity contribution in [2.45, 2.75) is 6.92 Å². The molecular formula is C10H13N3O4. The van der Waals surface area contributed by atoms with E-state index >= 15 is 0 Å². The van der Waals surface area contributed by atoms with E-state index in [2.05, 4.69) is 4.98 Å². The number of esters is 1. The molecule has 7 nitrogen and oxygen atoms in total. The summed E-state index contributed by atoms with van der Waals surface area (Å²) in [7, 11) is 1.55. The Morgan fingerprint density at radius 3 is 2.94 bits per heavy atom. The molecule has 0 amide bonds. The van der Waals surface area contributed by atoms with Gasteiger partial charge in [0, 0.05) is 19.3 Å². The van der Waals surface area contributed by atoms with Gasteiger partial charge in [-0.05, 0) is 13.0 Å². The largest absolute Gasteiger partial charge is 0.465 e. The van der Waals surface area contributed by atoms with Gasteiger partial charge in [-0.1, -0.05) is 0 Å². The molecule has 1 rings (SSSR count). The maximum atomic E-state index is 11.2. The normalized spacial score (nSPS) is 9.76. The number of hydrogen-bond donors (Lipinski definition) is 0. The predicted molar refractivity (Wildman–Crippen MR) is 60.8 cm³/mol. The molecule has 0 bridgehead atoms. The van der Waals surface area contributed by atoms with Crippen molar-refractivity contribution in [2.24, 2.45) is 0 Å². The van der Waals surface area contributed by atoms with Gasteiger partial charge in [0.1, 0.15) is 6.54 Å². The van der Waals surface area contributed by atoms with E-state index in [1.807, 2.05) is 0 Å². The van der Waals surface area contributed by atoms with Crippen molar-refractivity contribution >= 4 is 17.5 Å². The van der Waals surface area contributed by atoms with Crippen LogP contribution in [-0.4, -0.2) is 36.1 Å². The van der Waals surface area contributed by atoms with Gasteiger partial charge in [-0.3, -0.25) is 14.9 Å². The molecule has 0 saturated heterocycles. The molecule has 0 fully saturated rings.